The summed E-state index contributed by atoms with van der Waals surface area (Å²) in [5.41, 5.74) is 5.47. The summed E-state index contributed by atoms with van der Waals surface area (Å²) >= 11 is 0. The number of aromatic nitrogens is 3. The third-order valence-electron chi connectivity index (χ3n) is 4.82. The van der Waals surface area contributed by atoms with E-state index in [1.807, 2.05) is 78.9 Å². The Morgan fingerprint density at radius 3 is 2.33 bits per heavy atom. The molecule has 5 aromatic rings. The van der Waals surface area contributed by atoms with Gasteiger partial charge in [0.25, 0.3) is 0 Å². The minimum absolute atomic E-state index is 0.716. The zero-order valence-corrected chi connectivity index (χ0v) is 14.5. The summed E-state index contributed by atoms with van der Waals surface area (Å²) < 4.78 is 0. The number of imidazole rings is 1. The van der Waals surface area contributed by atoms with E-state index in [9.17, 15) is 5.11 Å². The predicted octanol–water partition coefficient (Wildman–Crippen LogP) is 4.86. The topological polar surface area (TPSA) is 61.8 Å². The van der Waals surface area contributed by atoms with Crippen molar-refractivity contribution >= 4 is 21.9 Å². The van der Waals surface area contributed by atoms with Gasteiger partial charge in [0.15, 0.2) is 0 Å². The molecule has 2 heterocycles. The van der Waals surface area contributed by atoms with E-state index in [0.29, 0.717) is 0 Å². The first-order chi connectivity index (χ1) is 13.3. The normalized spacial score (nSPS) is 12.5. The smallest absolute Gasteiger partial charge is 0.138 e. The molecule has 130 valence electrons. The molecule has 1 atom stereocenters. The lowest BCUT2D eigenvalue weighted by atomic mass is 10.0. The Labute approximate surface area is 156 Å². The number of pyridine rings is 1. The van der Waals surface area contributed by atoms with Crippen LogP contribution in [0.15, 0.2) is 85.1 Å². The molecule has 0 fully saturated rings. The number of aliphatic hydroxyl groups is 1. The fourth-order valence-corrected chi connectivity index (χ4v) is 3.34. The highest BCUT2D eigenvalue weighted by atomic mass is 16.3. The van der Waals surface area contributed by atoms with Crippen LogP contribution in [0.25, 0.3) is 33.3 Å². The van der Waals surface area contributed by atoms with Crippen LogP contribution in [0.4, 0.5) is 0 Å². The molecule has 0 aliphatic carbocycles. The number of benzene rings is 3. The van der Waals surface area contributed by atoms with E-state index in [4.69, 9.17) is 0 Å². The molecule has 4 heteroatoms. The highest BCUT2D eigenvalue weighted by Crippen LogP contribution is 2.27. The van der Waals surface area contributed by atoms with Crippen LogP contribution in [0.5, 0.6) is 0 Å². The van der Waals surface area contributed by atoms with Gasteiger partial charge in [-0.05, 0) is 29.8 Å². The van der Waals surface area contributed by atoms with Crippen LogP contribution >= 0.6 is 0 Å². The standard InChI is InChI=1S/C23H17N3O/c27-22(18-13-17-5-1-2-6-19(17)24-14-18)15-9-11-16(12-10-15)23-25-20-7-3-4-8-21(20)26-23/h1-14,22,27H,(H,25,26). The Bertz CT molecular complexity index is 1210. The first kappa shape index (κ1) is 15.7. The Morgan fingerprint density at radius 1 is 0.778 bits per heavy atom. The number of nitrogens with zero attached hydrogens (tertiary/aromatic N) is 2. The molecule has 0 aliphatic rings. The molecule has 0 radical (unpaired) electrons. The van der Waals surface area contributed by atoms with Crippen molar-refractivity contribution in [3.05, 3.63) is 96.2 Å². The van der Waals surface area contributed by atoms with Gasteiger partial charge in [-0.1, -0.05) is 54.6 Å². The molecule has 2 aromatic heterocycles. The third kappa shape index (κ3) is 2.86. The Balaban J connectivity index is 1.46. The van der Waals surface area contributed by atoms with Gasteiger partial charge in [0.1, 0.15) is 11.9 Å². The highest BCUT2D eigenvalue weighted by molar-refractivity contribution is 5.80. The number of hydrogen-bond donors (Lipinski definition) is 2. The SMILES string of the molecule is OC(c1ccc(-c2nc3ccccc3[nH]2)cc1)c1cnc2ccccc2c1. The second-order valence-corrected chi connectivity index (χ2v) is 6.59. The number of rotatable bonds is 3. The van der Waals surface area contributed by atoms with E-state index in [2.05, 4.69) is 15.0 Å². The molecule has 0 aliphatic heterocycles. The molecule has 0 bridgehead atoms. The number of nitrogens with one attached hydrogen (secondary N) is 1. The molecule has 5 rings (SSSR count). The van der Waals surface area contributed by atoms with Crippen LogP contribution in [-0.4, -0.2) is 20.1 Å². The zero-order valence-electron chi connectivity index (χ0n) is 14.5. The number of aliphatic hydroxyl groups excluding tert-OH is 1. The molecular weight excluding hydrogens is 334 g/mol. The Morgan fingerprint density at radius 2 is 1.52 bits per heavy atom. The van der Waals surface area contributed by atoms with Crippen molar-refractivity contribution in [2.45, 2.75) is 6.10 Å². The van der Waals surface area contributed by atoms with E-state index in [1.54, 1.807) is 6.20 Å². The van der Waals surface area contributed by atoms with Gasteiger partial charge in [0.2, 0.25) is 0 Å². The summed E-state index contributed by atoms with van der Waals surface area (Å²) in [6, 6.07) is 25.7. The van der Waals surface area contributed by atoms with Crippen molar-refractivity contribution in [3.63, 3.8) is 0 Å². The molecule has 4 nitrogen and oxygen atoms in total. The number of hydrogen-bond acceptors (Lipinski definition) is 3. The predicted molar refractivity (Wildman–Crippen MR) is 107 cm³/mol. The van der Waals surface area contributed by atoms with Gasteiger partial charge >= 0.3 is 0 Å². The summed E-state index contributed by atoms with van der Waals surface area (Å²) in [7, 11) is 0. The molecular formula is C23H17N3O. The lowest BCUT2D eigenvalue weighted by Gasteiger charge is -2.12. The monoisotopic (exact) mass is 351 g/mol. The third-order valence-corrected chi connectivity index (χ3v) is 4.82. The van der Waals surface area contributed by atoms with Crippen LogP contribution in [0.1, 0.15) is 17.2 Å². The van der Waals surface area contributed by atoms with E-state index in [1.165, 1.54) is 0 Å². The van der Waals surface area contributed by atoms with Crippen molar-refractivity contribution in [2.24, 2.45) is 0 Å². The minimum Gasteiger partial charge on any atom is -0.384 e. The molecule has 0 saturated heterocycles. The lowest BCUT2D eigenvalue weighted by Crippen LogP contribution is -2.00. The largest absolute Gasteiger partial charge is 0.384 e. The van der Waals surface area contributed by atoms with E-state index in [0.717, 1.165) is 44.5 Å². The second-order valence-electron chi connectivity index (χ2n) is 6.59. The average Bonchev–Trinajstić information content (AvgIpc) is 3.17. The molecule has 0 spiro atoms. The molecule has 1 unspecified atom stereocenters. The fraction of sp³-hybridized carbons (Fsp3) is 0.0435. The molecule has 3 aromatic carbocycles. The van der Waals surface area contributed by atoms with E-state index >= 15 is 0 Å². The highest BCUT2D eigenvalue weighted by Gasteiger charge is 2.12. The maximum atomic E-state index is 10.8. The summed E-state index contributed by atoms with van der Waals surface area (Å²) in [6.45, 7) is 0. The van der Waals surface area contributed by atoms with Crippen molar-refractivity contribution in [2.75, 3.05) is 0 Å². The Hall–Kier alpha value is -3.50. The summed E-state index contributed by atoms with van der Waals surface area (Å²) in [4.78, 5) is 12.4. The number of para-hydroxylation sites is 3. The number of fused-ring (bicyclic) bond motifs is 2. The van der Waals surface area contributed by atoms with E-state index in [-0.39, 0.29) is 0 Å². The number of H-pyrrole nitrogens is 1. The van der Waals surface area contributed by atoms with Gasteiger partial charge in [-0.15, -0.1) is 0 Å². The first-order valence-corrected chi connectivity index (χ1v) is 8.86. The maximum absolute atomic E-state index is 10.8. The van der Waals surface area contributed by atoms with Crippen LogP contribution in [0.2, 0.25) is 0 Å². The lowest BCUT2D eigenvalue weighted by molar-refractivity contribution is 0.220. The van der Waals surface area contributed by atoms with Crippen molar-refractivity contribution in [1.29, 1.82) is 0 Å². The van der Waals surface area contributed by atoms with Crippen molar-refractivity contribution in [1.82, 2.24) is 15.0 Å². The van der Waals surface area contributed by atoms with Crippen LogP contribution in [0, 0.1) is 0 Å². The van der Waals surface area contributed by atoms with Crippen LogP contribution < -0.4 is 0 Å². The summed E-state index contributed by atoms with van der Waals surface area (Å²) in [6.07, 6.45) is 1.02. The fourth-order valence-electron chi connectivity index (χ4n) is 3.34. The molecule has 2 N–H and O–H groups in total. The van der Waals surface area contributed by atoms with E-state index < -0.39 is 6.10 Å². The van der Waals surface area contributed by atoms with Crippen LogP contribution in [-0.2, 0) is 0 Å². The molecule has 0 amide bonds. The summed E-state index contributed by atoms with van der Waals surface area (Å²) in [5, 5.41) is 11.8. The van der Waals surface area contributed by atoms with Gasteiger partial charge in [-0.2, -0.15) is 0 Å². The maximum Gasteiger partial charge on any atom is 0.138 e. The van der Waals surface area contributed by atoms with Crippen molar-refractivity contribution in [3.8, 4) is 11.4 Å². The Kier molecular flexibility index (Phi) is 3.69. The first-order valence-electron chi connectivity index (χ1n) is 8.86. The number of aromatic amines is 1. The van der Waals surface area contributed by atoms with Gasteiger partial charge in [0, 0.05) is 22.7 Å². The van der Waals surface area contributed by atoms with Gasteiger partial charge < -0.3 is 10.1 Å². The quantitative estimate of drug-likeness (QED) is 0.488. The molecule has 27 heavy (non-hydrogen) atoms. The van der Waals surface area contributed by atoms with Gasteiger partial charge in [-0.3, -0.25) is 4.98 Å². The summed E-state index contributed by atoms with van der Waals surface area (Å²) in [5.74, 6) is 0.824. The molecule has 0 saturated carbocycles. The van der Waals surface area contributed by atoms with Crippen LogP contribution in [0.3, 0.4) is 0 Å². The van der Waals surface area contributed by atoms with Gasteiger partial charge in [-0.25, -0.2) is 4.98 Å². The van der Waals surface area contributed by atoms with Crippen molar-refractivity contribution < 1.29 is 5.11 Å². The average molecular weight is 351 g/mol. The zero-order chi connectivity index (χ0) is 18.2. The van der Waals surface area contributed by atoms with Gasteiger partial charge in [0.05, 0.1) is 16.6 Å². The minimum atomic E-state index is -0.716. The second kappa shape index (κ2) is 6.34.